The van der Waals surface area contributed by atoms with Crippen LogP contribution in [0.1, 0.15) is 20.3 Å². The van der Waals surface area contributed by atoms with Crippen LogP contribution in [0.5, 0.6) is 0 Å². The van der Waals surface area contributed by atoms with Crippen molar-refractivity contribution in [3.8, 4) is 0 Å². The smallest absolute Gasteiger partial charge is 0.330 e. The third-order valence-electron chi connectivity index (χ3n) is 1.73. The summed E-state index contributed by atoms with van der Waals surface area (Å²) in [6, 6.07) is 0. The van der Waals surface area contributed by atoms with Crippen molar-refractivity contribution in [2.45, 2.75) is 26.2 Å². The molecule has 0 aliphatic heterocycles. The molecule has 13 heavy (non-hydrogen) atoms. The van der Waals surface area contributed by atoms with E-state index in [9.17, 15) is 4.79 Å². The number of hydrogen-bond donors (Lipinski definition) is 4. The van der Waals surface area contributed by atoms with Gasteiger partial charge in [0.2, 0.25) is 0 Å². The summed E-state index contributed by atoms with van der Waals surface area (Å²) in [5, 5.41) is 34.8. The van der Waals surface area contributed by atoms with Crippen molar-refractivity contribution in [1.82, 2.24) is 0 Å². The summed E-state index contributed by atoms with van der Waals surface area (Å²) in [5.74, 6) is -5.00. The lowest BCUT2D eigenvalue weighted by molar-refractivity contribution is -0.333. The van der Waals surface area contributed by atoms with Gasteiger partial charge < -0.3 is 20.4 Å². The Bertz CT molecular complexity index is 213. The number of rotatable bonds is 4. The molecule has 0 aromatic rings. The van der Waals surface area contributed by atoms with Gasteiger partial charge in [-0.25, -0.2) is 4.79 Å². The highest BCUT2D eigenvalue weighted by molar-refractivity contribution is 5.85. The zero-order valence-electron chi connectivity index (χ0n) is 7.56. The van der Waals surface area contributed by atoms with Gasteiger partial charge in [-0.05, 0) is 13.3 Å². The fraction of sp³-hybridized carbons (Fsp3) is 0.625. The molecule has 0 saturated heterocycles. The average Bonchev–Trinajstić information content (AvgIpc) is 1.96. The van der Waals surface area contributed by atoms with Gasteiger partial charge in [0.05, 0.1) is 5.92 Å². The number of carboxylic acids is 1. The van der Waals surface area contributed by atoms with Gasteiger partial charge >= 0.3 is 5.97 Å². The second kappa shape index (κ2) is 4.36. The SMILES string of the molecule is CCC(C=C(C)C(=O)O)C(O)(O)O. The molecule has 0 saturated carbocycles. The first kappa shape index (κ1) is 12.1. The van der Waals surface area contributed by atoms with Gasteiger partial charge in [-0.3, -0.25) is 0 Å². The van der Waals surface area contributed by atoms with Crippen molar-refractivity contribution >= 4 is 5.97 Å². The molecule has 0 amide bonds. The minimum atomic E-state index is -2.86. The summed E-state index contributed by atoms with van der Waals surface area (Å²) in [4.78, 5) is 10.4. The van der Waals surface area contributed by atoms with Gasteiger partial charge in [-0.2, -0.15) is 0 Å². The van der Waals surface area contributed by atoms with Crippen molar-refractivity contribution in [2.24, 2.45) is 5.92 Å². The zero-order valence-corrected chi connectivity index (χ0v) is 7.56. The van der Waals surface area contributed by atoms with Gasteiger partial charge in [0.1, 0.15) is 0 Å². The Kier molecular flexibility index (Phi) is 4.06. The first-order chi connectivity index (χ1) is 5.79. The van der Waals surface area contributed by atoms with E-state index < -0.39 is 17.9 Å². The third-order valence-corrected chi connectivity index (χ3v) is 1.73. The molecule has 5 nitrogen and oxygen atoms in total. The molecule has 76 valence electrons. The number of hydrogen-bond acceptors (Lipinski definition) is 4. The van der Waals surface area contributed by atoms with Crippen LogP contribution in [0, 0.1) is 5.92 Å². The molecule has 4 N–H and O–H groups in total. The molecule has 0 rings (SSSR count). The number of carboxylic acid groups (broad SMARTS) is 1. The number of aliphatic hydroxyl groups is 3. The maximum absolute atomic E-state index is 10.4. The van der Waals surface area contributed by atoms with Crippen LogP contribution < -0.4 is 0 Å². The standard InChI is InChI=1S/C8H14O5/c1-3-6(8(11,12)13)4-5(2)7(9)10/h4,6,11-13H,3H2,1-2H3,(H,9,10). The normalized spacial score (nSPS) is 15.6. The Balaban J connectivity index is 4.64. The molecule has 0 fully saturated rings. The summed E-state index contributed by atoms with van der Waals surface area (Å²) in [5.41, 5.74) is -0.0339. The lowest BCUT2D eigenvalue weighted by atomic mass is 10.0. The van der Waals surface area contributed by atoms with E-state index in [0.29, 0.717) is 0 Å². The van der Waals surface area contributed by atoms with E-state index >= 15 is 0 Å². The molecule has 1 atom stereocenters. The molecular formula is C8H14O5. The van der Waals surface area contributed by atoms with Crippen molar-refractivity contribution in [3.63, 3.8) is 0 Å². The highest BCUT2D eigenvalue weighted by Gasteiger charge is 2.29. The minimum Gasteiger partial charge on any atom is -0.478 e. The summed E-state index contributed by atoms with van der Waals surface area (Å²) < 4.78 is 0. The van der Waals surface area contributed by atoms with Gasteiger partial charge in [-0.1, -0.05) is 13.0 Å². The van der Waals surface area contributed by atoms with Crippen LogP contribution in [0.4, 0.5) is 0 Å². The topological polar surface area (TPSA) is 98.0 Å². The second-order valence-electron chi connectivity index (χ2n) is 2.86. The summed E-state index contributed by atoms with van der Waals surface area (Å²) in [6.07, 6.45) is 1.34. The zero-order chi connectivity index (χ0) is 10.6. The molecule has 1 unspecified atom stereocenters. The van der Waals surface area contributed by atoms with Crippen molar-refractivity contribution in [2.75, 3.05) is 0 Å². The fourth-order valence-electron chi connectivity index (χ4n) is 0.877. The van der Waals surface area contributed by atoms with Crippen molar-refractivity contribution < 1.29 is 25.2 Å². The largest absolute Gasteiger partial charge is 0.478 e. The monoisotopic (exact) mass is 190 g/mol. The molecule has 0 spiro atoms. The summed E-state index contributed by atoms with van der Waals surface area (Å²) >= 11 is 0. The molecule has 0 aromatic heterocycles. The average molecular weight is 190 g/mol. The minimum absolute atomic E-state index is 0.0339. The van der Waals surface area contributed by atoms with Gasteiger partial charge in [0.25, 0.3) is 5.97 Å². The van der Waals surface area contributed by atoms with Crippen LogP contribution in [0.3, 0.4) is 0 Å². The Hall–Kier alpha value is -0.910. The maximum atomic E-state index is 10.4. The van der Waals surface area contributed by atoms with Crippen LogP contribution in [0.25, 0.3) is 0 Å². The molecule has 0 bridgehead atoms. The quantitative estimate of drug-likeness (QED) is 0.359. The van der Waals surface area contributed by atoms with Crippen LogP contribution in [0.15, 0.2) is 11.6 Å². The second-order valence-corrected chi connectivity index (χ2v) is 2.86. The molecule has 0 aliphatic carbocycles. The molecule has 0 aliphatic rings. The van der Waals surface area contributed by atoms with E-state index in [-0.39, 0.29) is 12.0 Å². The Morgan fingerprint density at radius 1 is 1.46 bits per heavy atom. The Labute approximate surface area is 75.9 Å². The van der Waals surface area contributed by atoms with E-state index in [2.05, 4.69) is 0 Å². The van der Waals surface area contributed by atoms with E-state index in [1.807, 2.05) is 0 Å². The molecule has 5 heteroatoms. The predicted octanol–water partition coefficient (Wildman–Crippen LogP) is -0.326. The fourth-order valence-corrected chi connectivity index (χ4v) is 0.877. The third kappa shape index (κ3) is 4.02. The van der Waals surface area contributed by atoms with Gasteiger partial charge in [0.15, 0.2) is 0 Å². The molecule has 0 heterocycles. The first-order valence-electron chi connectivity index (χ1n) is 3.87. The Morgan fingerprint density at radius 3 is 2.15 bits per heavy atom. The van der Waals surface area contributed by atoms with E-state index in [0.717, 1.165) is 6.08 Å². The highest BCUT2D eigenvalue weighted by atomic mass is 16.7. The molecule has 0 radical (unpaired) electrons. The maximum Gasteiger partial charge on any atom is 0.330 e. The summed E-state index contributed by atoms with van der Waals surface area (Å²) in [6.45, 7) is 2.92. The summed E-state index contributed by atoms with van der Waals surface area (Å²) in [7, 11) is 0. The molecular weight excluding hydrogens is 176 g/mol. The predicted molar refractivity (Wildman–Crippen MR) is 44.6 cm³/mol. The van der Waals surface area contributed by atoms with Crippen LogP contribution in [-0.2, 0) is 4.79 Å². The van der Waals surface area contributed by atoms with Crippen LogP contribution >= 0.6 is 0 Å². The number of aliphatic carboxylic acids is 1. The van der Waals surface area contributed by atoms with Gasteiger partial charge in [0, 0.05) is 5.57 Å². The highest BCUT2D eigenvalue weighted by Crippen LogP contribution is 2.18. The number of carbonyl (C=O) groups is 1. The van der Waals surface area contributed by atoms with Crippen molar-refractivity contribution in [3.05, 3.63) is 11.6 Å². The Morgan fingerprint density at radius 2 is 1.92 bits per heavy atom. The van der Waals surface area contributed by atoms with Crippen LogP contribution in [0.2, 0.25) is 0 Å². The van der Waals surface area contributed by atoms with Gasteiger partial charge in [-0.15, -0.1) is 0 Å². The van der Waals surface area contributed by atoms with Crippen LogP contribution in [-0.4, -0.2) is 32.4 Å². The lowest BCUT2D eigenvalue weighted by Crippen LogP contribution is -2.36. The van der Waals surface area contributed by atoms with E-state index in [1.165, 1.54) is 6.92 Å². The van der Waals surface area contributed by atoms with E-state index in [4.69, 9.17) is 20.4 Å². The lowest BCUT2D eigenvalue weighted by Gasteiger charge is -2.22. The first-order valence-corrected chi connectivity index (χ1v) is 3.87. The van der Waals surface area contributed by atoms with E-state index in [1.54, 1.807) is 6.92 Å². The molecule has 0 aromatic carbocycles. The van der Waals surface area contributed by atoms with Crippen molar-refractivity contribution in [1.29, 1.82) is 0 Å².